The van der Waals surface area contributed by atoms with Crippen LogP contribution in [0.5, 0.6) is 0 Å². The average molecular weight is 281 g/mol. The van der Waals surface area contributed by atoms with Gasteiger partial charge < -0.3 is 9.84 Å². The molecule has 0 bridgehead atoms. The second kappa shape index (κ2) is 5.61. The lowest BCUT2D eigenvalue weighted by Gasteiger charge is -2.42. The maximum Gasteiger partial charge on any atom is 0.305 e. The summed E-state index contributed by atoms with van der Waals surface area (Å²) in [5.41, 5.74) is 1.42. The Hall–Kier alpha value is -0.910. The molecule has 0 spiro atoms. The van der Waals surface area contributed by atoms with Crippen LogP contribution in [-0.4, -0.2) is 41.8 Å². The van der Waals surface area contributed by atoms with Crippen molar-refractivity contribution in [1.29, 1.82) is 0 Å². The lowest BCUT2D eigenvalue weighted by molar-refractivity contribution is -0.141. The normalized spacial score (nSPS) is 28.0. The van der Waals surface area contributed by atoms with Crippen LogP contribution < -0.4 is 0 Å². The van der Waals surface area contributed by atoms with E-state index < -0.39 is 5.97 Å². The smallest absolute Gasteiger partial charge is 0.305 e. The fourth-order valence-corrected chi connectivity index (χ4v) is 4.24. The third kappa shape index (κ3) is 2.68. The Morgan fingerprint density at radius 3 is 3.32 bits per heavy atom. The molecule has 0 amide bonds. The predicted molar refractivity (Wildman–Crippen MR) is 73.6 cm³/mol. The summed E-state index contributed by atoms with van der Waals surface area (Å²) < 4.78 is 5.47. The molecule has 1 aliphatic heterocycles. The van der Waals surface area contributed by atoms with Crippen LogP contribution in [0.3, 0.4) is 0 Å². The van der Waals surface area contributed by atoms with Gasteiger partial charge in [-0.2, -0.15) is 0 Å². The van der Waals surface area contributed by atoms with Crippen LogP contribution >= 0.6 is 11.3 Å². The second-order valence-corrected chi connectivity index (χ2v) is 6.27. The zero-order chi connectivity index (χ0) is 13.2. The summed E-state index contributed by atoms with van der Waals surface area (Å²) in [6, 6.07) is 2.63. The molecule has 2 unspecified atom stereocenters. The van der Waals surface area contributed by atoms with E-state index in [4.69, 9.17) is 9.84 Å². The number of hydrogen-bond donors (Lipinski definition) is 1. The zero-order valence-electron chi connectivity index (χ0n) is 10.9. The number of carboxylic acid groups (broad SMARTS) is 1. The molecule has 104 valence electrons. The van der Waals surface area contributed by atoms with Gasteiger partial charge in [-0.05, 0) is 36.3 Å². The highest BCUT2D eigenvalue weighted by atomic mass is 32.1. The summed E-state index contributed by atoms with van der Waals surface area (Å²) in [4.78, 5) is 14.9. The van der Waals surface area contributed by atoms with Crippen LogP contribution in [0.1, 0.15) is 35.7 Å². The van der Waals surface area contributed by atoms with Gasteiger partial charge in [-0.3, -0.25) is 9.69 Å². The molecule has 0 aromatic carbocycles. The minimum atomic E-state index is -0.734. The Balaban J connectivity index is 1.82. The number of morpholine rings is 1. The van der Waals surface area contributed by atoms with Crippen molar-refractivity contribution in [1.82, 2.24) is 4.90 Å². The molecule has 5 heteroatoms. The summed E-state index contributed by atoms with van der Waals surface area (Å²) in [6.07, 6.45) is 3.70. The summed E-state index contributed by atoms with van der Waals surface area (Å²) in [5.74, 6) is -0.734. The molecule has 2 atom stereocenters. The minimum Gasteiger partial charge on any atom is -0.481 e. The summed E-state index contributed by atoms with van der Waals surface area (Å²) in [6.45, 7) is 2.10. The number of nitrogens with zero attached hydrogens (tertiary/aromatic N) is 1. The van der Waals surface area contributed by atoms with Gasteiger partial charge in [-0.15, -0.1) is 11.3 Å². The third-order valence-electron chi connectivity index (χ3n) is 4.10. The summed E-state index contributed by atoms with van der Waals surface area (Å²) >= 11 is 1.83. The number of aryl methyl sites for hydroxylation is 1. The molecule has 3 rings (SSSR count). The monoisotopic (exact) mass is 281 g/mol. The molecule has 4 nitrogen and oxygen atoms in total. The first kappa shape index (κ1) is 13.1. The highest BCUT2D eigenvalue weighted by molar-refractivity contribution is 7.10. The molecular weight excluding hydrogens is 262 g/mol. The average Bonchev–Trinajstić information content (AvgIpc) is 2.87. The molecule has 2 heterocycles. The molecule has 0 saturated carbocycles. The van der Waals surface area contributed by atoms with Gasteiger partial charge in [0.05, 0.1) is 19.6 Å². The van der Waals surface area contributed by atoms with Crippen LogP contribution in [0.4, 0.5) is 0 Å². The number of hydrogen-bond acceptors (Lipinski definition) is 4. The van der Waals surface area contributed by atoms with Gasteiger partial charge in [-0.1, -0.05) is 0 Å². The number of carboxylic acids is 1. The molecule has 1 fully saturated rings. The van der Waals surface area contributed by atoms with Crippen LogP contribution in [-0.2, 0) is 16.0 Å². The van der Waals surface area contributed by atoms with E-state index in [1.54, 1.807) is 0 Å². The molecule has 1 aromatic heterocycles. The van der Waals surface area contributed by atoms with Gasteiger partial charge in [0.25, 0.3) is 0 Å². The summed E-state index contributed by atoms with van der Waals surface area (Å²) in [5, 5.41) is 11.2. The van der Waals surface area contributed by atoms with E-state index in [9.17, 15) is 4.79 Å². The molecule has 1 N–H and O–H groups in total. The van der Waals surface area contributed by atoms with E-state index in [-0.39, 0.29) is 12.5 Å². The number of rotatable bonds is 3. The number of fused-ring (bicyclic) bond motifs is 1. The quantitative estimate of drug-likeness (QED) is 0.923. The molecule has 1 saturated heterocycles. The van der Waals surface area contributed by atoms with Gasteiger partial charge in [0.15, 0.2) is 0 Å². The second-order valence-electron chi connectivity index (χ2n) is 5.27. The van der Waals surface area contributed by atoms with Gasteiger partial charge in [0.2, 0.25) is 0 Å². The number of carbonyl (C=O) groups is 1. The maximum absolute atomic E-state index is 11.0. The Labute approximate surface area is 117 Å². The van der Waals surface area contributed by atoms with E-state index >= 15 is 0 Å². The minimum absolute atomic E-state index is 0.0158. The van der Waals surface area contributed by atoms with Gasteiger partial charge in [-0.25, -0.2) is 0 Å². The fraction of sp³-hybridized carbons (Fsp3) is 0.643. The van der Waals surface area contributed by atoms with Crippen molar-refractivity contribution < 1.29 is 14.6 Å². The highest BCUT2D eigenvalue weighted by Gasteiger charge is 2.34. The van der Waals surface area contributed by atoms with E-state index in [2.05, 4.69) is 16.3 Å². The van der Waals surface area contributed by atoms with Crippen molar-refractivity contribution in [3.8, 4) is 0 Å². The van der Waals surface area contributed by atoms with Crippen molar-refractivity contribution in [2.45, 2.75) is 37.8 Å². The number of thiophene rings is 1. The Kier molecular flexibility index (Phi) is 3.86. The van der Waals surface area contributed by atoms with E-state index in [0.29, 0.717) is 19.3 Å². The number of aliphatic carboxylic acids is 1. The first-order chi connectivity index (χ1) is 9.25. The van der Waals surface area contributed by atoms with Gasteiger partial charge in [0.1, 0.15) is 0 Å². The van der Waals surface area contributed by atoms with Crippen molar-refractivity contribution in [3.63, 3.8) is 0 Å². The topological polar surface area (TPSA) is 49.8 Å². The molecule has 0 radical (unpaired) electrons. The van der Waals surface area contributed by atoms with Crippen LogP contribution in [0.15, 0.2) is 11.4 Å². The predicted octanol–water partition coefficient (Wildman–Crippen LogP) is 2.30. The number of ether oxygens (including phenoxy) is 1. The first-order valence-electron chi connectivity index (χ1n) is 6.87. The maximum atomic E-state index is 11.0. The van der Waals surface area contributed by atoms with Crippen molar-refractivity contribution in [3.05, 3.63) is 21.9 Å². The van der Waals surface area contributed by atoms with Crippen molar-refractivity contribution in [2.24, 2.45) is 0 Å². The first-order valence-corrected chi connectivity index (χ1v) is 7.75. The van der Waals surface area contributed by atoms with Gasteiger partial charge in [0, 0.05) is 23.5 Å². The Morgan fingerprint density at radius 1 is 1.58 bits per heavy atom. The molecule has 19 heavy (non-hydrogen) atoms. The largest absolute Gasteiger partial charge is 0.481 e. The van der Waals surface area contributed by atoms with Crippen LogP contribution in [0.25, 0.3) is 0 Å². The van der Waals surface area contributed by atoms with Crippen LogP contribution in [0, 0.1) is 0 Å². The Morgan fingerprint density at radius 2 is 2.47 bits per heavy atom. The standard InChI is InChI=1S/C14H19NO3S/c16-14(17)8-10-9-18-6-5-15(10)12-2-1-3-13-11(12)4-7-19-13/h4,7,10,12H,1-3,5-6,8-9H2,(H,16,17). The van der Waals surface area contributed by atoms with Crippen molar-refractivity contribution in [2.75, 3.05) is 19.8 Å². The molecule has 1 aliphatic carbocycles. The summed E-state index contributed by atoms with van der Waals surface area (Å²) in [7, 11) is 0. The van der Waals surface area contributed by atoms with Crippen LogP contribution in [0.2, 0.25) is 0 Å². The lowest BCUT2D eigenvalue weighted by atomic mass is 9.91. The lowest BCUT2D eigenvalue weighted by Crippen LogP contribution is -2.48. The fourth-order valence-electron chi connectivity index (χ4n) is 3.26. The van der Waals surface area contributed by atoms with E-state index in [0.717, 1.165) is 13.0 Å². The third-order valence-corrected chi connectivity index (χ3v) is 5.10. The SMILES string of the molecule is O=C(O)CC1COCCN1C1CCCc2sccc21. The highest BCUT2D eigenvalue weighted by Crippen LogP contribution is 2.38. The van der Waals surface area contributed by atoms with E-state index in [1.807, 2.05) is 11.3 Å². The molecule has 2 aliphatic rings. The molecular formula is C14H19NO3S. The van der Waals surface area contributed by atoms with Crippen molar-refractivity contribution >= 4 is 17.3 Å². The Bertz CT molecular complexity index is 459. The van der Waals surface area contributed by atoms with E-state index in [1.165, 1.54) is 23.3 Å². The van der Waals surface area contributed by atoms with Gasteiger partial charge >= 0.3 is 5.97 Å². The molecule has 1 aromatic rings. The zero-order valence-corrected chi connectivity index (χ0v) is 11.7.